The smallest absolute Gasteiger partial charge is 0.359 e. The first-order chi connectivity index (χ1) is 10.1. The van der Waals surface area contributed by atoms with Gasteiger partial charge in [-0.2, -0.15) is 0 Å². The van der Waals surface area contributed by atoms with Crippen molar-refractivity contribution in [1.82, 2.24) is 15.3 Å². The van der Waals surface area contributed by atoms with E-state index in [2.05, 4.69) is 22.2 Å². The molecule has 1 fully saturated rings. The summed E-state index contributed by atoms with van der Waals surface area (Å²) < 4.78 is 4.95. The van der Waals surface area contributed by atoms with Crippen LogP contribution < -0.4 is 5.32 Å². The summed E-state index contributed by atoms with van der Waals surface area (Å²) >= 11 is 0. The van der Waals surface area contributed by atoms with Crippen molar-refractivity contribution in [3.05, 3.63) is 23.8 Å². The number of nitrogens with one attached hydrogen (secondary N) is 1. The third-order valence-electron chi connectivity index (χ3n) is 3.78. The topological polar surface area (TPSA) is 81.2 Å². The zero-order chi connectivity index (χ0) is 15.2. The minimum absolute atomic E-state index is 0.111. The number of aryl methyl sites for hydroxylation is 1. The summed E-state index contributed by atoms with van der Waals surface area (Å²) in [5.74, 6) is -0.419. The van der Waals surface area contributed by atoms with Gasteiger partial charge in [-0.25, -0.2) is 9.78 Å². The highest BCUT2D eigenvalue weighted by atomic mass is 16.5. The number of carbonyl (C=O) groups is 2. The molecule has 2 rings (SSSR count). The monoisotopic (exact) mass is 291 g/mol. The standard InChI is InChI=1S/C15H21N3O3/c1-10-5-3-4-6-12(10)18-14(19)9-21-15(20)13-8-16-11(2)7-17-13/h7-8,10,12H,3-6,9H2,1-2H3,(H,18,19)/t10-,12-/m0/s1. The molecule has 0 aliphatic heterocycles. The average molecular weight is 291 g/mol. The Kier molecular flexibility index (Phi) is 5.25. The zero-order valence-electron chi connectivity index (χ0n) is 12.5. The molecule has 1 aromatic rings. The van der Waals surface area contributed by atoms with E-state index in [0.717, 1.165) is 25.0 Å². The summed E-state index contributed by atoms with van der Waals surface area (Å²) in [6.45, 7) is 3.64. The van der Waals surface area contributed by atoms with E-state index in [4.69, 9.17) is 4.74 Å². The molecule has 0 saturated heterocycles. The van der Waals surface area contributed by atoms with Gasteiger partial charge < -0.3 is 10.1 Å². The minimum atomic E-state index is -0.630. The summed E-state index contributed by atoms with van der Waals surface area (Å²) in [6, 6.07) is 0.184. The summed E-state index contributed by atoms with van der Waals surface area (Å²) in [7, 11) is 0. The first kappa shape index (κ1) is 15.4. The summed E-state index contributed by atoms with van der Waals surface area (Å²) in [5, 5.41) is 2.93. The number of aromatic nitrogens is 2. The first-order valence-electron chi connectivity index (χ1n) is 7.31. The Labute approximate surface area is 124 Å². The van der Waals surface area contributed by atoms with Crippen LogP contribution in [0.25, 0.3) is 0 Å². The molecule has 1 saturated carbocycles. The first-order valence-corrected chi connectivity index (χ1v) is 7.31. The van der Waals surface area contributed by atoms with E-state index in [0.29, 0.717) is 5.92 Å². The van der Waals surface area contributed by atoms with Crippen LogP contribution in [0.1, 0.15) is 48.8 Å². The number of hydrogen-bond acceptors (Lipinski definition) is 5. The van der Waals surface area contributed by atoms with E-state index in [9.17, 15) is 9.59 Å². The molecule has 2 atom stereocenters. The Balaban J connectivity index is 1.78. The maximum Gasteiger partial charge on any atom is 0.359 e. The predicted molar refractivity (Wildman–Crippen MR) is 76.6 cm³/mol. The lowest BCUT2D eigenvalue weighted by Crippen LogP contribution is -2.42. The summed E-state index contributed by atoms with van der Waals surface area (Å²) in [6.07, 6.45) is 7.30. The van der Waals surface area contributed by atoms with E-state index in [1.165, 1.54) is 18.8 Å². The van der Waals surface area contributed by atoms with Crippen LogP contribution in [-0.4, -0.2) is 34.5 Å². The lowest BCUT2D eigenvalue weighted by Gasteiger charge is -2.29. The van der Waals surface area contributed by atoms with Gasteiger partial charge in [0.05, 0.1) is 11.9 Å². The van der Waals surface area contributed by atoms with Gasteiger partial charge >= 0.3 is 5.97 Å². The van der Waals surface area contributed by atoms with Crippen LogP contribution in [0.4, 0.5) is 0 Å². The van der Waals surface area contributed by atoms with Gasteiger partial charge in [0, 0.05) is 12.2 Å². The maximum absolute atomic E-state index is 11.8. The summed E-state index contributed by atoms with van der Waals surface area (Å²) in [4.78, 5) is 31.4. The second-order valence-electron chi connectivity index (χ2n) is 5.55. The molecule has 1 heterocycles. The van der Waals surface area contributed by atoms with Crippen molar-refractivity contribution in [3.63, 3.8) is 0 Å². The normalized spacial score (nSPS) is 21.6. The third-order valence-corrected chi connectivity index (χ3v) is 3.78. The molecular formula is C15H21N3O3. The Morgan fingerprint density at radius 3 is 2.71 bits per heavy atom. The Hall–Kier alpha value is -1.98. The van der Waals surface area contributed by atoms with Gasteiger partial charge in [0.2, 0.25) is 0 Å². The number of nitrogens with zero attached hydrogens (tertiary/aromatic N) is 2. The number of rotatable bonds is 4. The van der Waals surface area contributed by atoms with E-state index >= 15 is 0 Å². The van der Waals surface area contributed by atoms with Crippen molar-refractivity contribution in [1.29, 1.82) is 0 Å². The molecular weight excluding hydrogens is 270 g/mol. The molecule has 1 aliphatic carbocycles. The number of carbonyl (C=O) groups excluding carboxylic acids is 2. The van der Waals surface area contributed by atoms with Gasteiger partial charge in [0.25, 0.3) is 5.91 Å². The highest BCUT2D eigenvalue weighted by molar-refractivity contribution is 5.89. The fourth-order valence-electron chi connectivity index (χ4n) is 2.48. The van der Waals surface area contributed by atoms with E-state index in [1.807, 2.05) is 0 Å². The molecule has 0 bridgehead atoms. The molecule has 1 aromatic heterocycles. The molecule has 0 radical (unpaired) electrons. The van der Waals surface area contributed by atoms with Crippen LogP contribution in [0.15, 0.2) is 12.4 Å². The van der Waals surface area contributed by atoms with Crippen molar-refractivity contribution >= 4 is 11.9 Å². The molecule has 0 aromatic carbocycles. The number of ether oxygens (including phenoxy) is 1. The fraction of sp³-hybridized carbons (Fsp3) is 0.600. The quantitative estimate of drug-likeness (QED) is 0.853. The van der Waals surface area contributed by atoms with Crippen LogP contribution in [0.5, 0.6) is 0 Å². The lowest BCUT2D eigenvalue weighted by atomic mass is 9.86. The molecule has 1 amide bonds. The maximum atomic E-state index is 11.8. The third kappa shape index (κ3) is 4.51. The highest BCUT2D eigenvalue weighted by Gasteiger charge is 2.23. The molecule has 21 heavy (non-hydrogen) atoms. The van der Waals surface area contributed by atoms with Crippen LogP contribution >= 0.6 is 0 Å². The molecule has 0 unspecified atom stereocenters. The van der Waals surface area contributed by atoms with Gasteiger partial charge in [0.15, 0.2) is 12.3 Å². The molecule has 0 spiro atoms. The average Bonchev–Trinajstić information content (AvgIpc) is 2.48. The summed E-state index contributed by atoms with van der Waals surface area (Å²) in [5.41, 5.74) is 0.829. The van der Waals surface area contributed by atoms with Crippen LogP contribution in [-0.2, 0) is 9.53 Å². The van der Waals surface area contributed by atoms with Crippen LogP contribution in [0, 0.1) is 12.8 Å². The second-order valence-corrected chi connectivity index (χ2v) is 5.55. The van der Waals surface area contributed by atoms with Crippen LogP contribution in [0.2, 0.25) is 0 Å². The Bertz CT molecular complexity index is 501. The van der Waals surface area contributed by atoms with Gasteiger partial charge in [0.1, 0.15) is 0 Å². The molecule has 114 valence electrons. The zero-order valence-corrected chi connectivity index (χ0v) is 12.5. The van der Waals surface area contributed by atoms with Gasteiger partial charge in [-0.1, -0.05) is 19.8 Å². The van der Waals surface area contributed by atoms with Crippen LogP contribution in [0.3, 0.4) is 0 Å². The Morgan fingerprint density at radius 1 is 1.29 bits per heavy atom. The largest absolute Gasteiger partial charge is 0.451 e. The van der Waals surface area contributed by atoms with Crippen molar-refractivity contribution in [2.24, 2.45) is 5.92 Å². The molecule has 6 heteroatoms. The molecule has 6 nitrogen and oxygen atoms in total. The lowest BCUT2D eigenvalue weighted by molar-refractivity contribution is -0.125. The van der Waals surface area contributed by atoms with Gasteiger partial charge in [-0.3, -0.25) is 9.78 Å². The van der Waals surface area contributed by atoms with Crippen molar-refractivity contribution in [3.8, 4) is 0 Å². The number of amides is 1. The second kappa shape index (κ2) is 7.15. The van der Waals surface area contributed by atoms with Crippen molar-refractivity contribution in [2.75, 3.05) is 6.61 Å². The van der Waals surface area contributed by atoms with Crippen molar-refractivity contribution < 1.29 is 14.3 Å². The SMILES string of the molecule is Cc1cnc(C(=O)OCC(=O)N[C@H]2CCCC[C@@H]2C)cn1. The van der Waals surface area contributed by atoms with Crippen molar-refractivity contribution in [2.45, 2.75) is 45.6 Å². The fourth-order valence-corrected chi connectivity index (χ4v) is 2.48. The Morgan fingerprint density at radius 2 is 2.05 bits per heavy atom. The van der Waals surface area contributed by atoms with E-state index in [-0.39, 0.29) is 24.2 Å². The van der Waals surface area contributed by atoms with Gasteiger partial charge in [-0.05, 0) is 25.7 Å². The van der Waals surface area contributed by atoms with Gasteiger partial charge in [-0.15, -0.1) is 0 Å². The number of hydrogen-bond donors (Lipinski definition) is 1. The predicted octanol–water partition coefficient (Wildman–Crippen LogP) is 1.64. The number of esters is 1. The minimum Gasteiger partial charge on any atom is -0.451 e. The van der Waals surface area contributed by atoms with E-state index < -0.39 is 5.97 Å². The highest BCUT2D eigenvalue weighted by Crippen LogP contribution is 2.23. The van der Waals surface area contributed by atoms with E-state index in [1.54, 1.807) is 6.92 Å². The molecule has 1 aliphatic rings. The molecule has 1 N–H and O–H groups in total.